The maximum Gasteiger partial charge on any atom is 0.354 e. The number of halogens is 3. The van der Waals surface area contributed by atoms with Crippen LogP contribution in [0.4, 0.5) is 13.2 Å². The Balaban J connectivity index is 0.000000287. The average Bonchev–Trinajstić information content (AvgIpc) is 3.41. The molecular formula is C35H49F3N8O. The molecule has 9 nitrogen and oxygen atoms in total. The molecule has 0 fully saturated rings. The lowest BCUT2D eigenvalue weighted by atomic mass is 9.84. The summed E-state index contributed by atoms with van der Waals surface area (Å²) in [5, 5.41) is 4.27. The Morgan fingerprint density at radius 1 is 0.957 bits per heavy atom. The molecule has 256 valence electrons. The number of aromatic nitrogens is 3. The first-order chi connectivity index (χ1) is 22.0. The summed E-state index contributed by atoms with van der Waals surface area (Å²) in [6.07, 6.45) is 4.49. The van der Waals surface area contributed by atoms with Gasteiger partial charge in [-0.3, -0.25) is 9.56 Å². The van der Waals surface area contributed by atoms with E-state index in [2.05, 4.69) is 47.1 Å². The predicted molar refractivity (Wildman–Crippen MR) is 184 cm³/mol. The number of benzene rings is 2. The smallest absolute Gasteiger partial charge is 0.354 e. The lowest BCUT2D eigenvalue weighted by Crippen LogP contribution is -2.23. The van der Waals surface area contributed by atoms with E-state index in [0.29, 0.717) is 31.6 Å². The minimum absolute atomic E-state index is 0.0352. The Hall–Kier alpha value is -4.16. The SMILES string of the molecule is CC(C)(C)c1c(F)c(F)cc(CCCCN)c1F.CC(C)(C)c1cc2cn(-c3ccc(CNCCCN=C(N)N)cc3)c(=O)nc2[nH]1. The van der Waals surface area contributed by atoms with E-state index in [1.807, 2.05) is 30.5 Å². The fraction of sp³-hybridized carbons (Fsp3) is 0.457. The molecule has 4 aromatic rings. The van der Waals surface area contributed by atoms with E-state index in [-0.39, 0.29) is 28.2 Å². The summed E-state index contributed by atoms with van der Waals surface area (Å²) in [6, 6.07) is 10.9. The highest BCUT2D eigenvalue weighted by molar-refractivity contribution is 5.76. The minimum atomic E-state index is -1.08. The monoisotopic (exact) mass is 654 g/mol. The number of hydrogen-bond acceptors (Lipinski definition) is 5. The number of nitrogens with two attached hydrogens (primary N) is 3. The number of aromatic amines is 1. The van der Waals surface area contributed by atoms with E-state index in [9.17, 15) is 18.0 Å². The molecule has 0 aliphatic carbocycles. The second-order valence-corrected chi connectivity index (χ2v) is 13.7. The molecule has 12 heteroatoms. The number of nitrogens with one attached hydrogen (secondary N) is 2. The first kappa shape index (κ1) is 37.3. The number of guanidine groups is 1. The molecule has 8 N–H and O–H groups in total. The lowest BCUT2D eigenvalue weighted by molar-refractivity contribution is 0.430. The highest BCUT2D eigenvalue weighted by Crippen LogP contribution is 2.32. The van der Waals surface area contributed by atoms with E-state index in [1.165, 1.54) is 0 Å². The molecule has 4 rings (SSSR count). The van der Waals surface area contributed by atoms with E-state index < -0.39 is 22.9 Å². The lowest BCUT2D eigenvalue weighted by Gasteiger charge is -2.22. The van der Waals surface area contributed by atoms with E-state index in [1.54, 1.807) is 25.3 Å². The van der Waals surface area contributed by atoms with Gasteiger partial charge in [-0.1, -0.05) is 53.7 Å². The van der Waals surface area contributed by atoms with Crippen LogP contribution in [-0.2, 0) is 23.8 Å². The van der Waals surface area contributed by atoms with Gasteiger partial charge in [-0.25, -0.2) is 18.0 Å². The van der Waals surface area contributed by atoms with Crippen LogP contribution in [0.3, 0.4) is 0 Å². The van der Waals surface area contributed by atoms with Crippen molar-refractivity contribution >= 4 is 17.0 Å². The first-order valence-corrected chi connectivity index (χ1v) is 15.9. The van der Waals surface area contributed by atoms with Gasteiger partial charge >= 0.3 is 5.69 Å². The van der Waals surface area contributed by atoms with Crippen LogP contribution in [0.5, 0.6) is 0 Å². The summed E-state index contributed by atoms with van der Waals surface area (Å²) < 4.78 is 43.0. The van der Waals surface area contributed by atoms with Gasteiger partial charge in [-0.05, 0) is 79.6 Å². The normalized spacial score (nSPS) is 11.8. The third-order valence-electron chi connectivity index (χ3n) is 7.55. The number of aryl methyl sites for hydroxylation is 1. The van der Waals surface area contributed by atoms with Crippen LogP contribution in [0.1, 0.15) is 83.2 Å². The second kappa shape index (κ2) is 16.1. The zero-order chi connectivity index (χ0) is 34.9. The van der Waals surface area contributed by atoms with Crippen LogP contribution >= 0.6 is 0 Å². The van der Waals surface area contributed by atoms with E-state index in [0.717, 1.165) is 54.3 Å². The molecule has 0 aliphatic rings. The van der Waals surface area contributed by atoms with Crippen molar-refractivity contribution in [2.75, 3.05) is 19.6 Å². The number of H-pyrrole nitrogens is 1. The zero-order valence-electron chi connectivity index (χ0n) is 28.3. The second-order valence-electron chi connectivity index (χ2n) is 13.7. The van der Waals surface area contributed by atoms with E-state index in [4.69, 9.17) is 17.2 Å². The molecule has 2 aromatic carbocycles. The van der Waals surface area contributed by atoms with Gasteiger partial charge in [0.25, 0.3) is 0 Å². The first-order valence-electron chi connectivity index (χ1n) is 15.9. The van der Waals surface area contributed by atoms with Gasteiger partial charge in [0, 0.05) is 41.3 Å². The molecule has 0 spiro atoms. The van der Waals surface area contributed by atoms with Crippen LogP contribution in [0.2, 0.25) is 0 Å². The number of nitrogens with zero attached hydrogens (tertiary/aromatic N) is 3. The predicted octanol–water partition coefficient (Wildman–Crippen LogP) is 5.45. The van der Waals surface area contributed by atoms with Crippen molar-refractivity contribution in [2.45, 2.75) is 84.6 Å². The zero-order valence-corrected chi connectivity index (χ0v) is 28.3. The van der Waals surface area contributed by atoms with Crippen LogP contribution in [0.15, 0.2) is 52.4 Å². The molecule has 2 aromatic heterocycles. The largest absolute Gasteiger partial charge is 0.370 e. The van der Waals surface area contributed by atoms with Crippen molar-refractivity contribution in [2.24, 2.45) is 22.2 Å². The Kier molecular flexibility index (Phi) is 12.8. The maximum absolute atomic E-state index is 14.2. The van der Waals surface area contributed by atoms with Gasteiger partial charge in [0.15, 0.2) is 17.6 Å². The minimum Gasteiger partial charge on any atom is -0.370 e. The van der Waals surface area contributed by atoms with Gasteiger partial charge < -0.3 is 27.5 Å². The Labute approximate surface area is 274 Å². The number of fused-ring (bicyclic) bond motifs is 1. The summed E-state index contributed by atoms with van der Waals surface area (Å²) >= 11 is 0. The van der Waals surface area contributed by atoms with Crippen LogP contribution in [0.25, 0.3) is 16.7 Å². The van der Waals surface area contributed by atoms with Gasteiger partial charge in [-0.2, -0.15) is 4.98 Å². The number of hydrogen-bond donors (Lipinski definition) is 5. The molecule has 0 amide bonds. The van der Waals surface area contributed by atoms with Crippen molar-refractivity contribution in [3.8, 4) is 5.69 Å². The topological polar surface area (TPSA) is 153 Å². The highest BCUT2D eigenvalue weighted by Gasteiger charge is 2.27. The van der Waals surface area contributed by atoms with Gasteiger partial charge in [0.2, 0.25) is 0 Å². The molecule has 0 atom stereocenters. The van der Waals surface area contributed by atoms with Gasteiger partial charge in [-0.15, -0.1) is 0 Å². The van der Waals surface area contributed by atoms with Crippen molar-refractivity contribution in [3.05, 3.63) is 92.9 Å². The average molecular weight is 655 g/mol. The molecular weight excluding hydrogens is 605 g/mol. The van der Waals surface area contributed by atoms with Crippen LogP contribution < -0.4 is 28.2 Å². The van der Waals surface area contributed by atoms with Crippen molar-refractivity contribution in [3.63, 3.8) is 0 Å². The maximum atomic E-state index is 14.2. The summed E-state index contributed by atoms with van der Waals surface area (Å²) in [5.41, 5.74) is 18.5. The van der Waals surface area contributed by atoms with Crippen molar-refractivity contribution < 1.29 is 13.2 Å². The number of aliphatic imine (C=N–C) groups is 1. The highest BCUT2D eigenvalue weighted by atomic mass is 19.2. The number of rotatable bonds is 11. The van der Waals surface area contributed by atoms with Crippen LogP contribution in [-0.4, -0.2) is 40.1 Å². The molecule has 0 saturated heterocycles. The van der Waals surface area contributed by atoms with Crippen molar-refractivity contribution in [1.82, 2.24) is 19.9 Å². The van der Waals surface area contributed by atoms with Crippen LogP contribution in [0, 0.1) is 17.5 Å². The Morgan fingerprint density at radius 3 is 2.23 bits per heavy atom. The molecule has 0 radical (unpaired) electrons. The molecule has 0 aliphatic heterocycles. The molecule has 0 unspecified atom stereocenters. The fourth-order valence-electron chi connectivity index (χ4n) is 4.96. The molecule has 0 saturated carbocycles. The summed E-state index contributed by atoms with van der Waals surface area (Å²) in [5.74, 6) is -2.57. The quantitative estimate of drug-likeness (QED) is 0.0628. The summed E-state index contributed by atoms with van der Waals surface area (Å²) in [6.45, 7) is 14.0. The van der Waals surface area contributed by atoms with Crippen molar-refractivity contribution in [1.29, 1.82) is 0 Å². The van der Waals surface area contributed by atoms with Gasteiger partial charge in [0.05, 0.1) is 5.69 Å². The van der Waals surface area contributed by atoms with Gasteiger partial charge in [0.1, 0.15) is 11.5 Å². The standard InChI is InChI=1S/C21H29N7O.C14H20F3N/c1-21(2,3)17-11-15-13-28(20(29)27-18(15)26-17)16-7-5-14(6-8-16)12-24-9-4-10-25-19(22)23;1-14(2,3)11-12(16)9(6-4-5-7-18)8-10(15)13(11)17/h5-8,11,13,24H,4,9-10,12H2,1-3H3,(H4,22,23,25)(H,26,27,29);8H,4-7,18H2,1-3H3. The summed E-state index contributed by atoms with van der Waals surface area (Å²) in [4.78, 5) is 23.9. The number of unbranched alkanes of at least 4 members (excludes halogenated alkanes) is 1. The Morgan fingerprint density at radius 2 is 1.64 bits per heavy atom. The third kappa shape index (κ3) is 10.4. The molecule has 2 heterocycles. The third-order valence-corrected chi connectivity index (χ3v) is 7.55. The van der Waals surface area contributed by atoms with E-state index >= 15 is 0 Å². The molecule has 47 heavy (non-hydrogen) atoms. The molecule has 0 bridgehead atoms. The fourth-order valence-corrected chi connectivity index (χ4v) is 4.96. The summed E-state index contributed by atoms with van der Waals surface area (Å²) in [7, 11) is 0. The Bertz CT molecular complexity index is 1710.